The lowest BCUT2D eigenvalue weighted by molar-refractivity contribution is -0.120. The lowest BCUT2D eigenvalue weighted by atomic mass is 10.2. The third-order valence-corrected chi connectivity index (χ3v) is 5.05. The second kappa shape index (κ2) is 7.29. The molecule has 1 saturated carbocycles. The van der Waals surface area contributed by atoms with E-state index in [0.29, 0.717) is 40.4 Å². The van der Waals surface area contributed by atoms with Gasteiger partial charge < -0.3 is 9.84 Å². The Morgan fingerprint density at radius 2 is 2.14 bits per heavy atom. The van der Waals surface area contributed by atoms with Gasteiger partial charge in [-0.2, -0.15) is 4.98 Å². The van der Waals surface area contributed by atoms with Gasteiger partial charge in [0.1, 0.15) is 5.82 Å². The zero-order valence-corrected chi connectivity index (χ0v) is 16.1. The van der Waals surface area contributed by atoms with Gasteiger partial charge in [-0.05, 0) is 42.7 Å². The normalized spacial score (nSPS) is 13.7. The molecule has 4 aromatic rings. The standard InChI is InChI=1S/C20H17ClN6O2/c21-14-4-1-3-12(9-14)11-22-17(28)10-16-24-25-19-15(5-2-8-27(16)19)20-23-18(26-29-20)13-6-7-13/h1-5,8-9,13H,6-7,10-11H2,(H,22,28). The van der Waals surface area contributed by atoms with Gasteiger partial charge in [-0.3, -0.25) is 9.20 Å². The van der Waals surface area contributed by atoms with E-state index in [9.17, 15) is 4.79 Å². The maximum atomic E-state index is 12.4. The van der Waals surface area contributed by atoms with Crippen LogP contribution in [0.3, 0.4) is 0 Å². The first kappa shape index (κ1) is 17.8. The molecule has 0 aliphatic heterocycles. The summed E-state index contributed by atoms with van der Waals surface area (Å²) < 4.78 is 7.19. The van der Waals surface area contributed by atoms with Crippen LogP contribution < -0.4 is 5.32 Å². The summed E-state index contributed by atoms with van der Waals surface area (Å²) in [6.07, 6.45) is 4.12. The molecule has 1 N–H and O–H groups in total. The first-order valence-corrected chi connectivity index (χ1v) is 9.73. The van der Waals surface area contributed by atoms with Gasteiger partial charge in [0, 0.05) is 23.7 Å². The lowest BCUT2D eigenvalue weighted by Crippen LogP contribution is -2.25. The van der Waals surface area contributed by atoms with Crippen molar-refractivity contribution in [3.63, 3.8) is 0 Å². The molecule has 1 aliphatic carbocycles. The van der Waals surface area contributed by atoms with E-state index < -0.39 is 0 Å². The number of carbonyl (C=O) groups is 1. The second-order valence-electron chi connectivity index (χ2n) is 7.05. The summed E-state index contributed by atoms with van der Waals surface area (Å²) in [5.74, 6) is 1.94. The van der Waals surface area contributed by atoms with Crippen molar-refractivity contribution in [2.75, 3.05) is 0 Å². The lowest BCUT2D eigenvalue weighted by Gasteiger charge is -2.05. The highest BCUT2D eigenvalue weighted by molar-refractivity contribution is 6.30. The molecule has 1 fully saturated rings. The fourth-order valence-corrected chi connectivity index (χ4v) is 3.37. The third-order valence-electron chi connectivity index (χ3n) is 4.82. The molecule has 1 amide bonds. The van der Waals surface area contributed by atoms with Crippen molar-refractivity contribution >= 4 is 23.2 Å². The highest BCUT2D eigenvalue weighted by Gasteiger charge is 2.29. The molecule has 0 unspecified atom stereocenters. The Bertz CT molecular complexity index is 1200. The molecule has 1 aliphatic rings. The number of aromatic nitrogens is 5. The molecule has 5 rings (SSSR count). The number of nitrogens with zero attached hydrogens (tertiary/aromatic N) is 5. The van der Waals surface area contributed by atoms with Crippen molar-refractivity contribution in [3.8, 4) is 11.5 Å². The molecule has 8 nitrogen and oxygen atoms in total. The summed E-state index contributed by atoms with van der Waals surface area (Å²) in [5, 5.41) is 16.0. The molecule has 3 heterocycles. The zero-order chi connectivity index (χ0) is 19.8. The average molecular weight is 409 g/mol. The van der Waals surface area contributed by atoms with E-state index >= 15 is 0 Å². The summed E-state index contributed by atoms with van der Waals surface area (Å²) in [6.45, 7) is 0.396. The zero-order valence-electron chi connectivity index (χ0n) is 15.4. The first-order chi connectivity index (χ1) is 14.2. The molecule has 0 spiro atoms. The maximum absolute atomic E-state index is 12.4. The number of hydrogen-bond acceptors (Lipinski definition) is 6. The molecule has 1 aromatic carbocycles. The van der Waals surface area contributed by atoms with E-state index in [1.54, 1.807) is 10.5 Å². The van der Waals surface area contributed by atoms with Crippen molar-refractivity contribution in [1.29, 1.82) is 0 Å². The van der Waals surface area contributed by atoms with Crippen LogP contribution in [0.15, 0.2) is 47.1 Å². The minimum absolute atomic E-state index is 0.0995. The van der Waals surface area contributed by atoms with E-state index in [1.807, 2.05) is 36.5 Å². The van der Waals surface area contributed by atoms with Gasteiger partial charge in [0.2, 0.25) is 5.91 Å². The minimum Gasteiger partial charge on any atom is -0.352 e. The van der Waals surface area contributed by atoms with Crippen LogP contribution in [0.1, 0.15) is 36.0 Å². The summed E-state index contributed by atoms with van der Waals surface area (Å²) in [6, 6.07) is 11.1. The van der Waals surface area contributed by atoms with Gasteiger partial charge in [-0.25, -0.2) is 0 Å². The van der Waals surface area contributed by atoms with Gasteiger partial charge >= 0.3 is 0 Å². The predicted octanol–water partition coefficient (Wildman–Crippen LogP) is 3.17. The Labute approximate surface area is 170 Å². The van der Waals surface area contributed by atoms with Crippen molar-refractivity contribution in [2.45, 2.75) is 31.7 Å². The number of pyridine rings is 1. The van der Waals surface area contributed by atoms with Crippen LogP contribution in [0, 0.1) is 0 Å². The Balaban J connectivity index is 1.33. The fourth-order valence-electron chi connectivity index (χ4n) is 3.16. The molecule has 29 heavy (non-hydrogen) atoms. The van der Waals surface area contributed by atoms with Crippen molar-refractivity contribution in [3.05, 3.63) is 64.8 Å². The number of amides is 1. The molecule has 0 atom stereocenters. The smallest absolute Gasteiger partial charge is 0.261 e. The highest BCUT2D eigenvalue weighted by atomic mass is 35.5. The molecular weight excluding hydrogens is 392 g/mol. The first-order valence-electron chi connectivity index (χ1n) is 9.35. The van der Waals surface area contributed by atoms with Crippen LogP contribution in [-0.4, -0.2) is 30.6 Å². The Kier molecular flexibility index (Phi) is 4.48. The fraction of sp³-hybridized carbons (Fsp3) is 0.250. The molecular formula is C20H17ClN6O2. The minimum atomic E-state index is -0.154. The van der Waals surface area contributed by atoms with Crippen molar-refractivity contribution in [2.24, 2.45) is 0 Å². The molecule has 9 heteroatoms. The number of benzene rings is 1. The summed E-state index contributed by atoms with van der Waals surface area (Å²) in [4.78, 5) is 16.9. The van der Waals surface area contributed by atoms with Gasteiger partial charge in [0.05, 0.1) is 12.0 Å². The number of halogens is 1. The van der Waals surface area contributed by atoms with E-state index in [1.165, 1.54) is 0 Å². The Hall–Kier alpha value is -3.26. The molecule has 0 bridgehead atoms. The monoisotopic (exact) mass is 408 g/mol. The number of hydrogen-bond donors (Lipinski definition) is 1. The molecule has 3 aromatic heterocycles. The topological polar surface area (TPSA) is 98.2 Å². The third kappa shape index (κ3) is 3.71. The van der Waals surface area contributed by atoms with Gasteiger partial charge in [0.15, 0.2) is 11.5 Å². The average Bonchev–Trinajstić information content (AvgIpc) is 3.32. The maximum Gasteiger partial charge on any atom is 0.261 e. The quantitative estimate of drug-likeness (QED) is 0.526. The van der Waals surface area contributed by atoms with Crippen LogP contribution in [0.5, 0.6) is 0 Å². The Morgan fingerprint density at radius 1 is 1.24 bits per heavy atom. The summed E-state index contributed by atoms with van der Waals surface area (Å²) in [7, 11) is 0. The molecule has 0 saturated heterocycles. The number of rotatable bonds is 6. The van der Waals surface area contributed by atoms with Gasteiger partial charge in [-0.1, -0.05) is 28.9 Å². The van der Waals surface area contributed by atoms with E-state index in [4.69, 9.17) is 16.1 Å². The van der Waals surface area contributed by atoms with Gasteiger partial charge in [-0.15, -0.1) is 10.2 Å². The van der Waals surface area contributed by atoms with Crippen LogP contribution >= 0.6 is 11.6 Å². The Morgan fingerprint density at radius 3 is 2.97 bits per heavy atom. The summed E-state index contributed by atoms with van der Waals surface area (Å²) in [5.41, 5.74) is 2.21. The molecule has 0 radical (unpaired) electrons. The van der Waals surface area contributed by atoms with E-state index in [0.717, 1.165) is 24.2 Å². The number of fused-ring (bicyclic) bond motifs is 1. The predicted molar refractivity (Wildman–Crippen MR) is 105 cm³/mol. The second-order valence-corrected chi connectivity index (χ2v) is 7.48. The van der Waals surface area contributed by atoms with Crippen molar-refractivity contribution < 1.29 is 9.32 Å². The molecule has 146 valence electrons. The van der Waals surface area contributed by atoms with Gasteiger partial charge in [0.25, 0.3) is 5.89 Å². The van der Waals surface area contributed by atoms with E-state index in [2.05, 4.69) is 25.7 Å². The van der Waals surface area contributed by atoms with Crippen LogP contribution in [0.25, 0.3) is 17.1 Å². The van der Waals surface area contributed by atoms with E-state index in [-0.39, 0.29) is 12.3 Å². The summed E-state index contributed by atoms with van der Waals surface area (Å²) >= 11 is 5.98. The number of nitrogens with one attached hydrogen (secondary N) is 1. The number of carbonyl (C=O) groups excluding carboxylic acids is 1. The largest absolute Gasteiger partial charge is 0.352 e. The highest BCUT2D eigenvalue weighted by Crippen LogP contribution is 2.39. The van der Waals surface area contributed by atoms with Crippen LogP contribution in [-0.2, 0) is 17.8 Å². The van der Waals surface area contributed by atoms with Crippen LogP contribution in [0.2, 0.25) is 5.02 Å². The SMILES string of the molecule is O=C(Cc1nnc2c(-c3nc(C4CC4)no3)cccn12)NCc1cccc(Cl)c1. The van der Waals surface area contributed by atoms with Crippen molar-refractivity contribution in [1.82, 2.24) is 30.1 Å². The van der Waals surface area contributed by atoms with Crippen LogP contribution in [0.4, 0.5) is 0 Å².